The van der Waals surface area contributed by atoms with Gasteiger partial charge >= 0.3 is 0 Å². The van der Waals surface area contributed by atoms with Crippen molar-refractivity contribution in [2.24, 2.45) is 0 Å². The minimum absolute atomic E-state index is 0.00951. The van der Waals surface area contributed by atoms with Crippen molar-refractivity contribution in [3.63, 3.8) is 0 Å². The van der Waals surface area contributed by atoms with Crippen molar-refractivity contribution in [3.05, 3.63) is 71.4 Å². The molecule has 0 spiro atoms. The highest BCUT2D eigenvalue weighted by atomic mass is 16.5. The topological polar surface area (TPSA) is 67.8 Å². The summed E-state index contributed by atoms with van der Waals surface area (Å²) in [6, 6.07) is 16.8. The van der Waals surface area contributed by atoms with Crippen LogP contribution in [-0.4, -0.2) is 47.5 Å². The Balaban J connectivity index is 1.47. The van der Waals surface area contributed by atoms with Crippen LogP contribution in [0.3, 0.4) is 0 Å². The monoisotopic (exact) mass is 430 g/mol. The zero-order valence-electron chi connectivity index (χ0n) is 18.2. The second-order valence-corrected chi connectivity index (χ2v) is 8.07. The van der Waals surface area contributed by atoms with Gasteiger partial charge in [-0.1, -0.05) is 18.2 Å². The second-order valence-electron chi connectivity index (χ2n) is 8.07. The van der Waals surface area contributed by atoms with Gasteiger partial charge in [-0.05, 0) is 49.2 Å². The third kappa shape index (κ3) is 4.10. The first kappa shape index (κ1) is 20.3. The molecule has 5 rings (SSSR count). The van der Waals surface area contributed by atoms with E-state index in [0.29, 0.717) is 42.7 Å². The number of benzene rings is 2. The Morgan fingerprint density at radius 1 is 0.906 bits per heavy atom. The molecular formula is C25H26N4O3. The number of hydrogen-bond donors (Lipinski definition) is 0. The van der Waals surface area contributed by atoms with E-state index in [1.165, 1.54) is 0 Å². The summed E-state index contributed by atoms with van der Waals surface area (Å²) in [4.78, 5) is 26.8. The van der Waals surface area contributed by atoms with Crippen LogP contribution in [0.1, 0.15) is 34.5 Å². The summed E-state index contributed by atoms with van der Waals surface area (Å²) < 4.78 is 11.5. The van der Waals surface area contributed by atoms with Crippen LogP contribution < -0.4 is 14.4 Å². The predicted octanol–water partition coefficient (Wildman–Crippen LogP) is 4.08. The SMILES string of the molecule is COc1ccc(Oc2nc(N3CCCC3)nc3c2CN(C(=O)c2ccccc2)CC3)cc1. The van der Waals surface area contributed by atoms with Crippen molar-refractivity contribution in [1.82, 2.24) is 14.9 Å². The standard InChI is InChI=1S/C25H26N4O3/c1-31-19-9-11-20(12-10-19)32-23-21-17-29(24(30)18-7-3-2-4-8-18)16-13-22(21)26-25(27-23)28-14-5-6-15-28/h2-4,7-12H,5-6,13-17H2,1H3. The number of rotatable bonds is 5. The Bertz CT molecular complexity index is 1100. The van der Waals surface area contributed by atoms with Crippen molar-refractivity contribution >= 4 is 11.9 Å². The van der Waals surface area contributed by atoms with E-state index in [9.17, 15) is 4.79 Å². The number of aromatic nitrogens is 2. The first-order valence-corrected chi connectivity index (χ1v) is 11.0. The van der Waals surface area contributed by atoms with Gasteiger partial charge in [0.2, 0.25) is 11.8 Å². The Labute approximate surface area is 187 Å². The lowest BCUT2D eigenvalue weighted by Gasteiger charge is -2.30. The molecule has 3 heterocycles. The maximum atomic E-state index is 13.0. The molecule has 2 aliphatic heterocycles. The van der Waals surface area contributed by atoms with Crippen LogP contribution in [0.4, 0.5) is 5.95 Å². The molecule has 0 N–H and O–H groups in total. The van der Waals surface area contributed by atoms with Gasteiger partial charge in [0, 0.05) is 31.6 Å². The third-order valence-corrected chi connectivity index (χ3v) is 5.98. The van der Waals surface area contributed by atoms with Gasteiger partial charge in [0.05, 0.1) is 24.9 Å². The summed E-state index contributed by atoms with van der Waals surface area (Å²) in [5, 5.41) is 0. The highest BCUT2D eigenvalue weighted by Crippen LogP contribution is 2.33. The molecule has 1 saturated heterocycles. The molecule has 0 aliphatic carbocycles. The fourth-order valence-corrected chi connectivity index (χ4v) is 4.21. The molecule has 2 aromatic carbocycles. The van der Waals surface area contributed by atoms with Crippen molar-refractivity contribution < 1.29 is 14.3 Å². The fraction of sp³-hybridized carbons (Fsp3) is 0.320. The third-order valence-electron chi connectivity index (χ3n) is 5.98. The zero-order chi connectivity index (χ0) is 21.9. The van der Waals surface area contributed by atoms with Crippen LogP contribution in [0.2, 0.25) is 0 Å². The summed E-state index contributed by atoms with van der Waals surface area (Å²) in [7, 11) is 1.64. The number of methoxy groups -OCH3 is 1. The van der Waals surface area contributed by atoms with Gasteiger partial charge in [0.15, 0.2) is 0 Å². The van der Waals surface area contributed by atoms with Gasteiger partial charge in [0.1, 0.15) is 11.5 Å². The average Bonchev–Trinajstić information content (AvgIpc) is 3.39. The molecule has 0 unspecified atom stereocenters. The summed E-state index contributed by atoms with van der Waals surface area (Å²) in [5.41, 5.74) is 2.52. The molecule has 1 aromatic heterocycles. The zero-order valence-corrected chi connectivity index (χ0v) is 18.2. The van der Waals surface area contributed by atoms with E-state index in [0.717, 1.165) is 42.9 Å². The van der Waals surface area contributed by atoms with E-state index in [1.807, 2.05) is 59.5 Å². The molecule has 7 nitrogen and oxygen atoms in total. The molecule has 0 atom stereocenters. The molecule has 0 saturated carbocycles. The summed E-state index contributed by atoms with van der Waals surface area (Å²) in [5.74, 6) is 2.68. The van der Waals surface area contributed by atoms with Crippen LogP contribution in [0.25, 0.3) is 0 Å². The molecule has 3 aromatic rings. The van der Waals surface area contributed by atoms with E-state index in [-0.39, 0.29) is 5.91 Å². The lowest BCUT2D eigenvalue weighted by Crippen LogP contribution is -2.37. The molecule has 7 heteroatoms. The molecule has 164 valence electrons. The first-order chi connectivity index (χ1) is 15.7. The van der Waals surface area contributed by atoms with Gasteiger partial charge in [0.25, 0.3) is 5.91 Å². The molecule has 1 amide bonds. The van der Waals surface area contributed by atoms with Crippen molar-refractivity contribution in [2.75, 3.05) is 31.6 Å². The van der Waals surface area contributed by atoms with Crippen LogP contribution in [0, 0.1) is 0 Å². The van der Waals surface area contributed by atoms with Gasteiger partial charge in [-0.2, -0.15) is 4.98 Å². The van der Waals surface area contributed by atoms with Crippen LogP contribution in [0.15, 0.2) is 54.6 Å². The minimum Gasteiger partial charge on any atom is -0.497 e. The molecule has 32 heavy (non-hydrogen) atoms. The lowest BCUT2D eigenvalue weighted by atomic mass is 10.1. The number of hydrogen-bond acceptors (Lipinski definition) is 6. The normalized spacial score (nSPS) is 15.4. The highest BCUT2D eigenvalue weighted by molar-refractivity contribution is 5.94. The smallest absolute Gasteiger partial charge is 0.254 e. The van der Waals surface area contributed by atoms with Gasteiger partial charge < -0.3 is 19.3 Å². The van der Waals surface area contributed by atoms with Gasteiger partial charge in [-0.3, -0.25) is 4.79 Å². The van der Waals surface area contributed by atoms with Crippen LogP contribution in [0.5, 0.6) is 17.4 Å². The number of fused-ring (bicyclic) bond motifs is 1. The summed E-state index contributed by atoms with van der Waals surface area (Å²) in [6.45, 7) is 2.97. The van der Waals surface area contributed by atoms with E-state index >= 15 is 0 Å². The van der Waals surface area contributed by atoms with Crippen molar-refractivity contribution in [3.8, 4) is 17.4 Å². The predicted molar refractivity (Wildman–Crippen MR) is 121 cm³/mol. The Morgan fingerprint density at radius 2 is 1.62 bits per heavy atom. The quantitative estimate of drug-likeness (QED) is 0.608. The number of anilines is 1. The maximum absolute atomic E-state index is 13.0. The van der Waals surface area contributed by atoms with E-state index in [2.05, 4.69) is 4.90 Å². The molecule has 0 bridgehead atoms. The van der Waals surface area contributed by atoms with Crippen molar-refractivity contribution in [1.29, 1.82) is 0 Å². The van der Waals surface area contributed by atoms with E-state index < -0.39 is 0 Å². The van der Waals surface area contributed by atoms with Crippen LogP contribution in [-0.2, 0) is 13.0 Å². The highest BCUT2D eigenvalue weighted by Gasteiger charge is 2.28. The molecule has 2 aliphatic rings. The number of carbonyl (C=O) groups is 1. The second kappa shape index (κ2) is 8.86. The minimum atomic E-state index is 0.00951. The van der Waals surface area contributed by atoms with Crippen LogP contribution >= 0.6 is 0 Å². The van der Waals surface area contributed by atoms with E-state index in [4.69, 9.17) is 19.4 Å². The summed E-state index contributed by atoms with van der Waals surface area (Å²) >= 11 is 0. The maximum Gasteiger partial charge on any atom is 0.254 e. The molecule has 1 fully saturated rings. The summed E-state index contributed by atoms with van der Waals surface area (Å²) in [6.07, 6.45) is 2.97. The number of carbonyl (C=O) groups excluding carboxylic acids is 1. The Hall–Kier alpha value is -3.61. The van der Waals surface area contributed by atoms with Crippen molar-refractivity contribution in [2.45, 2.75) is 25.8 Å². The van der Waals surface area contributed by atoms with E-state index in [1.54, 1.807) is 7.11 Å². The Kier molecular flexibility index (Phi) is 5.62. The number of amides is 1. The molecule has 0 radical (unpaired) electrons. The fourth-order valence-electron chi connectivity index (χ4n) is 4.21. The lowest BCUT2D eigenvalue weighted by molar-refractivity contribution is 0.0732. The average molecular weight is 431 g/mol. The largest absolute Gasteiger partial charge is 0.497 e. The number of ether oxygens (including phenoxy) is 2. The number of nitrogens with zero attached hydrogens (tertiary/aromatic N) is 4. The molecular weight excluding hydrogens is 404 g/mol. The van der Waals surface area contributed by atoms with Gasteiger partial charge in [-0.15, -0.1) is 0 Å². The Morgan fingerprint density at radius 3 is 2.34 bits per heavy atom. The first-order valence-electron chi connectivity index (χ1n) is 11.0. The van der Waals surface area contributed by atoms with Gasteiger partial charge in [-0.25, -0.2) is 4.98 Å².